The van der Waals surface area contributed by atoms with Crippen molar-refractivity contribution in [1.82, 2.24) is 5.32 Å². The third kappa shape index (κ3) is 3.20. The molecule has 1 aromatic rings. The summed E-state index contributed by atoms with van der Waals surface area (Å²) in [5.41, 5.74) is 1.26. The lowest BCUT2D eigenvalue weighted by atomic mass is 10.1. The quantitative estimate of drug-likeness (QED) is 0.796. The highest BCUT2D eigenvalue weighted by molar-refractivity contribution is 5.95. The van der Waals surface area contributed by atoms with Crippen LogP contribution in [0, 0.1) is 5.92 Å². The summed E-state index contributed by atoms with van der Waals surface area (Å²) in [6.45, 7) is 2.09. The second-order valence-corrected chi connectivity index (χ2v) is 4.59. The van der Waals surface area contributed by atoms with E-state index in [4.69, 9.17) is 5.11 Å². The van der Waals surface area contributed by atoms with E-state index in [2.05, 4.69) is 12.2 Å². The number of hydrogen-bond donors (Lipinski definition) is 2. The molecule has 94 valence electrons. The molecule has 1 saturated carbocycles. The van der Waals surface area contributed by atoms with Crippen LogP contribution in [0.15, 0.2) is 30.3 Å². The number of carbonyl (C=O) groups is 2. The lowest BCUT2D eigenvalue weighted by Crippen LogP contribution is -2.26. The zero-order valence-corrected chi connectivity index (χ0v) is 10.1. The molecule has 18 heavy (non-hydrogen) atoms. The Labute approximate surface area is 105 Å². The SMILES string of the molecule is CC1CC1NC(=O)c1cccc(C=CC(=O)O)c1. The van der Waals surface area contributed by atoms with Gasteiger partial charge >= 0.3 is 5.97 Å². The van der Waals surface area contributed by atoms with Crippen LogP contribution in [-0.4, -0.2) is 23.0 Å². The molecular weight excluding hydrogens is 230 g/mol. The van der Waals surface area contributed by atoms with Crippen LogP contribution < -0.4 is 5.32 Å². The molecule has 0 bridgehead atoms. The molecule has 2 unspecified atom stereocenters. The van der Waals surface area contributed by atoms with Gasteiger partial charge < -0.3 is 10.4 Å². The highest BCUT2D eigenvalue weighted by Crippen LogP contribution is 2.29. The number of rotatable bonds is 4. The van der Waals surface area contributed by atoms with Gasteiger partial charge in [0.05, 0.1) is 0 Å². The fourth-order valence-corrected chi connectivity index (χ4v) is 1.73. The van der Waals surface area contributed by atoms with E-state index in [-0.39, 0.29) is 11.9 Å². The summed E-state index contributed by atoms with van der Waals surface area (Å²) < 4.78 is 0. The number of carboxylic acid groups (broad SMARTS) is 1. The molecule has 1 fully saturated rings. The maximum Gasteiger partial charge on any atom is 0.328 e. The molecule has 1 aliphatic carbocycles. The fraction of sp³-hybridized carbons (Fsp3) is 0.286. The van der Waals surface area contributed by atoms with Gasteiger partial charge in [-0.15, -0.1) is 0 Å². The van der Waals surface area contributed by atoms with Gasteiger partial charge in [0.15, 0.2) is 0 Å². The Hall–Kier alpha value is -2.10. The monoisotopic (exact) mass is 245 g/mol. The molecule has 0 aromatic heterocycles. The minimum Gasteiger partial charge on any atom is -0.478 e. The van der Waals surface area contributed by atoms with Crippen LogP contribution in [0.5, 0.6) is 0 Å². The summed E-state index contributed by atoms with van der Waals surface area (Å²) in [6.07, 6.45) is 3.56. The number of nitrogens with one attached hydrogen (secondary N) is 1. The van der Waals surface area contributed by atoms with Crippen LogP contribution in [-0.2, 0) is 4.79 Å². The molecular formula is C14H15NO3. The molecule has 0 spiro atoms. The smallest absolute Gasteiger partial charge is 0.328 e. The Morgan fingerprint density at radius 3 is 2.78 bits per heavy atom. The molecule has 0 aliphatic heterocycles. The average Bonchev–Trinajstić information content (AvgIpc) is 3.02. The first kappa shape index (κ1) is 12.4. The number of carboxylic acids is 1. The predicted octanol–water partition coefficient (Wildman–Crippen LogP) is 1.92. The van der Waals surface area contributed by atoms with Crippen molar-refractivity contribution in [3.63, 3.8) is 0 Å². The molecule has 0 radical (unpaired) electrons. The molecule has 1 aliphatic rings. The summed E-state index contributed by atoms with van der Waals surface area (Å²) in [4.78, 5) is 22.3. The number of hydrogen-bond acceptors (Lipinski definition) is 2. The van der Waals surface area contributed by atoms with E-state index in [1.54, 1.807) is 24.3 Å². The van der Waals surface area contributed by atoms with Crippen molar-refractivity contribution in [2.45, 2.75) is 19.4 Å². The lowest BCUT2D eigenvalue weighted by Gasteiger charge is -2.04. The molecule has 2 N–H and O–H groups in total. The average molecular weight is 245 g/mol. The van der Waals surface area contributed by atoms with E-state index < -0.39 is 5.97 Å². The van der Waals surface area contributed by atoms with Crippen LogP contribution in [0.1, 0.15) is 29.3 Å². The molecule has 1 aromatic carbocycles. The normalized spacial score (nSPS) is 21.8. The lowest BCUT2D eigenvalue weighted by molar-refractivity contribution is -0.131. The van der Waals surface area contributed by atoms with Crippen molar-refractivity contribution in [2.75, 3.05) is 0 Å². The van der Waals surface area contributed by atoms with Crippen molar-refractivity contribution in [3.05, 3.63) is 41.5 Å². The first-order valence-electron chi connectivity index (χ1n) is 5.88. The second-order valence-electron chi connectivity index (χ2n) is 4.59. The van der Waals surface area contributed by atoms with Gasteiger partial charge in [0.25, 0.3) is 5.91 Å². The number of amides is 1. The number of carbonyl (C=O) groups excluding carboxylic acids is 1. The standard InChI is InChI=1S/C14H15NO3/c1-9-7-12(9)15-14(18)11-4-2-3-10(8-11)5-6-13(16)17/h2-6,8-9,12H,7H2,1H3,(H,15,18)(H,16,17). The van der Waals surface area contributed by atoms with Gasteiger partial charge in [-0.2, -0.15) is 0 Å². The molecule has 2 atom stereocenters. The fourth-order valence-electron chi connectivity index (χ4n) is 1.73. The zero-order valence-electron chi connectivity index (χ0n) is 10.1. The van der Waals surface area contributed by atoms with E-state index in [0.29, 0.717) is 17.0 Å². The molecule has 1 amide bonds. The van der Waals surface area contributed by atoms with Crippen molar-refractivity contribution < 1.29 is 14.7 Å². The number of aliphatic carboxylic acids is 1. The Kier molecular flexibility index (Phi) is 3.46. The molecule has 4 nitrogen and oxygen atoms in total. The van der Waals surface area contributed by atoms with Gasteiger partial charge in [-0.25, -0.2) is 4.79 Å². The van der Waals surface area contributed by atoms with Gasteiger partial charge in [-0.3, -0.25) is 4.79 Å². The first-order chi connectivity index (χ1) is 8.56. The topological polar surface area (TPSA) is 66.4 Å². The van der Waals surface area contributed by atoms with Gasteiger partial charge in [0, 0.05) is 17.7 Å². The maximum absolute atomic E-state index is 11.9. The third-order valence-electron chi connectivity index (χ3n) is 2.99. The van der Waals surface area contributed by atoms with E-state index in [9.17, 15) is 9.59 Å². The third-order valence-corrected chi connectivity index (χ3v) is 2.99. The first-order valence-corrected chi connectivity index (χ1v) is 5.88. The molecule has 0 heterocycles. The Morgan fingerprint density at radius 1 is 1.44 bits per heavy atom. The highest BCUT2D eigenvalue weighted by Gasteiger charge is 2.33. The largest absolute Gasteiger partial charge is 0.478 e. The Morgan fingerprint density at radius 2 is 2.17 bits per heavy atom. The van der Waals surface area contributed by atoms with Crippen molar-refractivity contribution in [1.29, 1.82) is 0 Å². The summed E-state index contributed by atoms with van der Waals surface area (Å²) >= 11 is 0. The van der Waals surface area contributed by atoms with Crippen LogP contribution in [0.4, 0.5) is 0 Å². The van der Waals surface area contributed by atoms with Crippen molar-refractivity contribution in [2.24, 2.45) is 5.92 Å². The molecule has 2 rings (SSSR count). The Balaban J connectivity index is 2.06. The van der Waals surface area contributed by atoms with E-state index >= 15 is 0 Å². The van der Waals surface area contributed by atoms with Gasteiger partial charge in [0.2, 0.25) is 0 Å². The van der Waals surface area contributed by atoms with Crippen molar-refractivity contribution >= 4 is 18.0 Å². The van der Waals surface area contributed by atoms with Gasteiger partial charge in [-0.05, 0) is 36.1 Å². The van der Waals surface area contributed by atoms with Crippen LogP contribution in [0.25, 0.3) is 6.08 Å². The van der Waals surface area contributed by atoms with Crippen LogP contribution in [0.2, 0.25) is 0 Å². The van der Waals surface area contributed by atoms with Gasteiger partial charge in [0.1, 0.15) is 0 Å². The van der Waals surface area contributed by atoms with E-state index in [1.807, 2.05) is 0 Å². The van der Waals surface area contributed by atoms with Crippen molar-refractivity contribution in [3.8, 4) is 0 Å². The highest BCUT2D eigenvalue weighted by atomic mass is 16.4. The summed E-state index contributed by atoms with van der Waals surface area (Å²) in [5, 5.41) is 11.5. The minimum atomic E-state index is -1.00. The van der Waals surface area contributed by atoms with E-state index in [0.717, 1.165) is 12.5 Å². The zero-order chi connectivity index (χ0) is 13.1. The summed E-state index contributed by atoms with van der Waals surface area (Å²) in [6, 6.07) is 7.20. The summed E-state index contributed by atoms with van der Waals surface area (Å²) in [7, 11) is 0. The summed E-state index contributed by atoms with van der Waals surface area (Å²) in [5.74, 6) is -0.546. The second kappa shape index (κ2) is 5.04. The van der Waals surface area contributed by atoms with Crippen LogP contribution >= 0.6 is 0 Å². The minimum absolute atomic E-state index is 0.102. The van der Waals surface area contributed by atoms with E-state index in [1.165, 1.54) is 6.08 Å². The van der Waals surface area contributed by atoms with Crippen LogP contribution in [0.3, 0.4) is 0 Å². The maximum atomic E-state index is 11.9. The molecule has 0 saturated heterocycles. The Bertz CT molecular complexity index is 508. The number of benzene rings is 1. The van der Waals surface area contributed by atoms with Gasteiger partial charge in [-0.1, -0.05) is 19.1 Å². The predicted molar refractivity (Wildman–Crippen MR) is 68.1 cm³/mol. The molecule has 4 heteroatoms.